The Morgan fingerprint density at radius 1 is 1.38 bits per heavy atom. The normalized spacial score (nSPS) is 17.0. The van der Waals surface area contributed by atoms with Crippen molar-refractivity contribution >= 4 is 39.6 Å². The van der Waals surface area contributed by atoms with Crippen LogP contribution in [0.1, 0.15) is 24.8 Å². The van der Waals surface area contributed by atoms with E-state index >= 15 is 0 Å². The van der Waals surface area contributed by atoms with E-state index in [4.69, 9.17) is 0 Å². The number of hydrogen-bond acceptors (Lipinski definition) is 3. The summed E-state index contributed by atoms with van der Waals surface area (Å²) < 4.78 is 0.964. The van der Waals surface area contributed by atoms with Crippen LogP contribution in [0.15, 0.2) is 28.7 Å². The summed E-state index contributed by atoms with van der Waals surface area (Å²) in [6.07, 6.45) is 3.91. The Morgan fingerprint density at radius 3 is 2.48 bits per heavy atom. The molecule has 6 heteroatoms. The van der Waals surface area contributed by atoms with Crippen molar-refractivity contribution < 1.29 is 14.7 Å². The van der Waals surface area contributed by atoms with E-state index in [0.717, 1.165) is 22.9 Å². The van der Waals surface area contributed by atoms with Crippen LogP contribution in [0.2, 0.25) is 0 Å². The molecule has 1 aliphatic carbocycles. The number of carboxylic acid groups (broad SMARTS) is 1. The van der Waals surface area contributed by atoms with Gasteiger partial charge in [0.2, 0.25) is 5.91 Å². The van der Waals surface area contributed by atoms with Gasteiger partial charge in [-0.15, -0.1) is 0 Å². The largest absolute Gasteiger partial charge is 0.480 e. The molecule has 0 aromatic heterocycles. The third-order valence-electron chi connectivity index (χ3n) is 3.80. The fraction of sp³-hybridized carbons (Fsp3) is 0.467. The zero-order chi connectivity index (χ0) is 15.5. The first kappa shape index (κ1) is 16.4. The number of carboxylic acids is 1. The summed E-state index contributed by atoms with van der Waals surface area (Å²) in [4.78, 5) is 23.7. The summed E-state index contributed by atoms with van der Waals surface area (Å²) in [5.74, 6) is -0.426. The Balaban J connectivity index is 2.08. The van der Waals surface area contributed by atoms with Crippen molar-refractivity contribution in [3.63, 3.8) is 0 Å². The van der Waals surface area contributed by atoms with Crippen LogP contribution in [0, 0.1) is 0 Å². The molecule has 1 amide bonds. The minimum Gasteiger partial charge on any atom is -0.480 e. The van der Waals surface area contributed by atoms with E-state index in [1.807, 2.05) is 30.5 Å². The Labute approximate surface area is 136 Å². The lowest BCUT2D eigenvalue weighted by atomic mass is 9.94. The fourth-order valence-electron chi connectivity index (χ4n) is 2.33. The summed E-state index contributed by atoms with van der Waals surface area (Å²) in [6, 6.07) is 6.86. The number of carbonyl (C=O) groups is 2. The number of amides is 1. The molecule has 0 spiro atoms. The highest BCUT2D eigenvalue weighted by Gasteiger charge is 2.51. The molecule has 1 unspecified atom stereocenters. The Kier molecular flexibility index (Phi) is 5.32. The molecule has 2 rings (SSSR count). The number of benzene rings is 1. The van der Waals surface area contributed by atoms with E-state index < -0.39 is 17.4 Å². The highest BCUT2D eigenvalue weighted by atomic mass is 79.9. The monoisotopic (exact) mass is 371 g/mol. The average Bonchev–Trinajstić information content (AvgIpc) is 3.25. The van der Waals surface area contributed by atoms with Crippen molar-refractivity contribution in [3.05, 3.63) is 34.3 Å². The van der Waals surface area contributed by atoms with Gasteiger partial charge in [0.05, 0.1) is 5.41 Å². The lowest BCUT2D eigenvalue weighted by Crippen LogP contribution is -2.45. The van der Waals surface area contributed by atoms with Crippen molar-refractivity contribution in [1.82, 2.24) is 5.32 Å². The SMILES string of the molecule is CSCCC(NC(=O)C1(c2ccc(Br)cc2)CC1)C(=O)O. The zero-order valence-electron chi connectivity index (χ0n) is 11.8. The van der Waals surface area contributed by atoms with Crippen LogP contribution in [0.25, 0.3) is 0 Å². The molecule has 1 atom stereocenters. The molecule has 0 radical (unpaired) electrons. The topological polar surface area (TPSA) is 66.4 Å². The summed E-state index contributed by atoms with van der Waals surface area (Å²) in [5, 5.41) is 11.9. The molecular formula is C15H18BrNO3S. The summed E-state index contributed by atoms with van der Waals surface area (Å²) in [5.41, 5.74) is 0.422. The second-order valence-corrected chi connectivity index (χ2v) is 7.14. The van der Waals surface area contributed by atoms with E-state index in [-0.39, 0.29) is 5.91 Å². The number of carbonyl (C=O) groups excluding carboxylic acids is 1. The first-order valence-corrected chi connectivity index (χ1v) is 8.97. The van der Waals surface area contributed by atoms with Crippen molar-refractivity contribution in [1.29, 1.82) is 0 Å². The third-order valence-corrected chi connectivity index (χ3v) is 4.97. The van der Waals surface area contributed by atoms with E-state index in [1.165, 1.54) is 0 Å². The van der Waals surface area contributed by atoms with Gasteiger partial charge >= 0.3 is 5.97 Å². The van der Waals surface area contributed by atoms with Crippen LogP contribution < -0.4 is 5.32 Å². The second kappa shape index (κ2) is 6.83. The third kappa shape index (κ3) is 3.80. The molecule has 2 N–H and O–H groups in total. The highest BCUT2D eigenvalue weighted by Crippen LogP contribution is 2.48. The Morgan fingerprint density at radius 2 is 2.00 bits per heavy atom. The predicted molar refractivity (Wildman–Crippen MR) is 87.6 cm³/mol. The van der Waals surface area contributed by atoms with Gasteiger partial charge in [-0.1, -0.05) is 28.1 Å². The van der Waals surface area contributed by atoms with Crippen molar-refractivity contribution in [3.8, 4) is 0 Å². The van der Waals surface area contributed by atoms with E-state index in [9.17, 15) is 14.7 Å². The lowest BCUT2D eigenvalue weighted by Gasteiger charge is -2.20. The minimum absolute atomic E-state index is 0.168. The maximum absolute atomic E-state index is 12.5. The highest BCUT2D eigenvalue weighted by molar-refractivity contribution is 9.10. The Bertz CT molecular complexity index is 528. The molecule has 21 heavy (non-hydrogen) atoms. The van der Waals surface area contributed by atoms with Gasteiger partial charge in [0.15, 0.2) is 0 Å². The van der Waals surface area contributed by atoms with Gasteiger partial charge in [0.1, 0.15) is 6.04 Å². The van der Waals surface area contributed by atoms with Gasteiger partial charge in [-0.2, -0.15) is 11.8 Å². The summed E-state index contributed by atoms with van der Waals surface area (Å²) in [6.45, 7) is 0. The van der Waals surface area contributed by atoms with E-state index in [0.29, 0.717) is 12.2 Å². The number of thioether (sulfide) groups is 1. The van der Waals surface area contributed by atoms with Crippen LogP contribution in [0.5, 0.6) is 0 Å². The number of hydrogen-bond donors (Lipinski definition) is 2. The molecule has 0 aliphatic heterocycles. The van der Waals surface area contributed by atoms with Gasteiger partial charge in [-0.3, -0.25) is 4.79 Å². The first-order valence-electron chi connectivity index (χ1n) is 6.78. The maximum Gasteiger partial charge on any atom is 0.326 e. The summed E-state index contributed by atoms with van der Waals surface area (Å²) >= 11 is 4.95. The number of nitrogens with one attached hydrogen (secondary N) is 1. The van der Waals surface area contributed by atoms with Crippen molar-refractivity contribution in [2.45, 2.75) is 30.7 Å². The van der Waals surface area contributed by atoms with Gasteiger partial charge in [0.25, 0.3) is 0 Å². The molecule has 1 aromatic rings. The second-order valence-electron chi connectivity index (χ2n) is 5.23. The van der Waals surface area contributed by atoms with Crippen LogP contribution >= 0.6 is 27.7 Å². The fourth-order valence-corrected chi connectivity index (χ4v) is 3.07. The molecule has 1 aliphatic rings. The minimum atomic E-state index is -0.969. The molecule has 114 valence electrons. The smallest absolute Gasteiger partial charge is 0.326 e. The predicted octanol–water partition coefficient (Wildman–Crippen LogP) is 2.80. The van der Waals surface area contributed by atoms with Gasteiger partial charge in [-0.25, -0.2) is 4.79 Å². The number of halogens is 1. The van der Waals surface area contributed by atoms with Gasteiger partial charge < -0.3 is 10.4 Å². The van der Waals surface area contributed by atoms with Gasteiger partial charge in [-0.05, 0) is 49.0 Å². The molecule has 1 saturated carbocycles. The molecule has 1 aromatic carbocycles. The van der Waals surface area contributed by atoms with E-state index in [1.54, 1.807) is 11.8 Å². The molecule has 0 bridgehead atoms. The van der Waals surface area contributed by atoms with Crippen LogP contribution in [-0.4, -0.2) is 35.0 Å². The number of rotatable bonds is 7. The molecule has 0 heterocycles. The van der Waals surface area contributed by atoms with Gasteiger partial charge in [0, 0.05) is 4.47 Å². The maximum atomic E-state index is 12.5. The lowest BCUT2D eigenvalue weighted by molar-refractivity contribution is -0.142. The number of aliphatic carboxylic acids is 1. The molecule has 1 fully saturated rings. The quantitative estimate of drug-likeness (QED) is 0.773. The zero-order valence-corrected chi connectivity index (χ0v) is 14.2. The van der Waals surface area contributed by atoms with E-state index in [2.05, 4.69) is 21.2 Å². The molecule has 4 nitrogen and oxygen atoms in total. The van der Waals surface area contributed by atoms with Crippen LogP contribution in [0.3, 0.4) is 0 Å². The first-order chi connectivity index (χ1) is 9.99. The standard InChI is InChI=1S/C15H18BrNO3S/c1-21-9-6-12(13(18)19)17-14(20)15(7-8-15)10-2-4-11(16)5-3-10/h2-5,12H,6-9H2,1H3,(H,17,20)(H,18,19). The average molecular weight is 372 g/mol. The summed E-state index contributed by atoms with van der Waals surface area (Å²) in [7, 11) is 0. The van der Waals surface area contributed by atoms with Crippen LogP contribution in [-0.2, 0) is 15.0 Å². The van der Waals surface area contributed by atoms with Crippen LogP contribution in [0.4, 0.5) is 0 Å². The van der Waals surface area contributed by atoms with Crippen molar-refractivity contribution in [2.75, 3.05) is 12.0 Å². The molecular weight excluding hydrogens is 354 g/mol. The Hall–Kier alpha value is -1.01. The molecule has 0 saturated heterocycles. The van der Waals surface area contributed by atoms with Crippen molar-refractivity contribution in [2.24, 2.45) is 0 Å².